The fraction of sp³-hybridized carbons (Fsp3) is 0.953. The van der Waals surface area contributed by atoms with Crippen molar-refractivity contribution >= 4 is 12.1 Å². The number of nitrogens with one attached hydrogen (secondary N) is 1. The lowest BCUT2D eigenvalue weighted by Gasteiger charge is -2.49. The van der Waals surface area contributed by atoms with E-state index in [2.05, 4.69) is 5.32 Å². The molecule has 346 valence electrons. The van der Waals surface area contributed by atoms with Crippen molar-refractivity contribution in [1.29, 1.82) is 0 Å². The molecular formula is C43H81N3O13. The first-order valence-electron chi connectivity index (χ1n) is 21.8. The molecule has 0 aromatic rings. The molecular weight excluding hydrogens is 766 g/mol. The van der Waals surface area contributed by atoms with Crippen molar-refractivity contribution in [3.63, 3.8) is 0 Å². The third-order valence-electron chi connectivity index (χ3n) is 13.2. The van der Waals surface area contributed by atoms with Crippen molar-refractivity contribution in [2.75, 3.05) is 41.3 Å². The van der Waals surface area contributed by atoms with Gasteiger partial charge in [-0.3, -0.25) is 4.79 Å². The Morgan fingerprint density at radius 2 is 1.63 bits per heavy atom. The predicted octanol–water partition coefficient (Wildman–Crippen LogP) is 3.43. The number of esters is 1. The van der Waals surface area contributed by atoms with Gasteiger partial charge in [-0.15, -0.1) is 0 Å². The maximum absolute atomic E-state index is 14.4. The molecule has 0 saturated carbocycles. The molecule has 0 bridgehead atoms. The van der Waals surface area contributed by atoms with Gasteiger partial charge in [0.1, 0.15) is 29.5 Å². The van der Waals surface area contributed by atoms with Crippen LogP contribution in [0.2, 0.25) is 0 Å². The Morgan fingerprint density at radius 3 is 2.20 bits per heavy atom. The molecule has 1 amide bonds. The summed E-state index contributed by atoms with van der Waals surface area (Å²) >= 11 is 0. The number of ether oxygens (including phenoxy) is 7. The minimum Gasteiger partial charge on any atom is -0.459 e. The second-order valence-corrected chi connectivity index (χ2v) is 18.8. The minimum atomic E-state index is -1.82. The zero-order valence-electron chi connectivity index (χ0n) is 38.7. The molecule has 3 aliphatic heterocycles. The maximum atomic E-state index is 14.4. The quantitative estimate of drug-likeness (QED) is 0.150. The smallest absolute Gasteiger partial charge is 0.407 e. The predicted molar refractivity (Wildman–Crippen MR) is 221 cm³/mol. The van der Waals surface area contributed by atoms with Crippen molar-refractivity contribution in [3.8, 4) is 0 Å². The number of nitrogens with zero attached hydrogens (tertiary/aromatic N) is 2. The number of aliphatic hydroxyl groups excluding tert-OH is 2. The number of carbonyl (C=O) groups excluding carboxylic acids is 2. The highest BCUT2D eigenvalue weighted by molar-refractivity contribution is 5.73. The summed E-state index contributed by atoms with van der Waals surface area (Å²) in [4.78, 5) is 31.1. The lowest BCUT2D eigenvalue weighted by molar-refractivity contribution is -0.317. The molecule has 16 nitrogen and oxygen atoms in total. The van der Waals surface area contributed by atoms with Crippen LogP contribution in [0, 0.1) is 17.8 Å². The Bertz CT molecular complexity index is 1320. The van der Waals surface area contributed by atoms with Gasteiger partial charge in [-0.25, -0.2) is 4.79 Å². The number of aliphatic hydroxyl groups is 4. The number of amides is 1. The van der Waals surface area contributed by atoms with Gasteiger partial charge in [0, 0.05) is 44.6 Å². The van der Waals surface area contributed by atoms with Crippen LogP contribution in [-0.4, -0.2) is 174 Å². The third-order valence-corrected chi connectivity index (χ3v) is 13.2. The van der Waals surface area contributed by atoms with Crippen LogP contribution in [0.3, 0.4) is 0 Å². The van der Waals surface area contributed by atoms with Crippen LogP contribution in [0.1, 0.15) is 115 Å². The van der Waals surface area contributed by atoms with Crippen LogP contribution in [0.5, 0.6) is 0 Å². The van der Waals surface area contributed by atoms with E-state index < -0.39 is 102 Å². The van der Waals surface area contributed by atoms with Gasteiger partial charge in [-0.05, 0) is 101 Å². The van der Waals surface area contributed by atoms with Gasteiger partial charge >= 0.3 is 12.1 Å². The first kappa shape index (κ1) is 51.6. The first-order valence-corrected chi connectivity index (χ1v) is 21.8. The Balaban J connectivity index is 2.14. The summed E-state index contributed by atoms with van der Waals surface area (Å²) < 4.78 is 44.2. The van der Waals surface area contributed by atoms with Gasteiger partial charge < -0.3 is 68.7 Å². The molecule has 0 aromatic carbocycles. The molecule has 3 rings (SSSR count). The molecule has 5 N–H and O–H groups in total. The normalized spacial score (nSPS) is 44.9. The fourth-order valence-corrected chi connectivity index (χ4v) is 9.47. The molecule has 0 aromatic heterocycles. The molecule has 0 unspecified atom stereocenters. The van der Waals surface area contributed by atoms with E-state index in [1.54, 1.807) is 34.6 Å². The average molecular weight is 848 g/mol. The minimum absolute atomic E-state index is 0.0971. The molecule has 59 heavy (non-hydrogen) atoms. The summed E-state index contributed by atoms with van der Waals surface area (Å²) in [6, 6.07) is -0.847. The number of carbonyl (C=O) groups is 2. The van der Waals surface area contributed by atoms with Gasteiger partial charge in [0.15, 0.2) is 18.7 Å². The zero-order valence-corrected chi connectivity index (χ0v) is 38.7. The second kappa shape index (κ2) is 21.6. The van der Waals surface area contributed by atoms with Gasteiger partial charge in [0.05, 0.1) is 35.9 Å². The molecule has 16 heteroatoms. The molecule has 0 radical (unpaired) electrons. The number of hydrogen-bond acceptors (Lipinski definition) is 15. The van der Waals surface area contributed by atoms with Crippen LogP contribution < -0.4 is 5.32 Å². The molecule has 3 fully saturated rings. The highest BCUT2D eigenvalue weighted by Gasteiger charge is 2.53. The van der Waals surface area contributed by atoms with Crippen LogP contribution in [-0.2, 0) is 38.0 Å². The van der Waals surface area contributed by atoms with Crippen LogP contribution in [0.4, 0.5) is 4.79 Å². The van der Waals surface area contributed by atoms with Gasteiger partial charge in [0.25, 0.3) is 0 Å². The number of hydrogen-bond donors (Lipinski definition) is 5. The summed E-state index contributed by atoms with van der Waals surface area (Å²) in [6.07, 6.45) is -7.32. The zero-order chi connectivity index (χ0) is 44.8. The molecule has 3 saturated heterocycles. The monoisotopic (exact) mass is 848 g/mol. The topological polar surface area (TPSA) is 198 Å². The number of likely N-dealkylation sites (N-methyl/N-ethyl adjacent to an activating group) is 2. The summed E-state index contributed by atoms with van der Waals surface area (Å²) in [5, 5.41) is 50.4. The van der Waals surface area contributed by atoms with Crippen molar-refractivity contribution in [2.45, 2.75) is 205 Å². The van der Waals surface area contributed by atoms with Crippen LogP contribution in [0.15, 0.2) is 0 Å². The van der Waals surface area contributed by atoms with Gasteiger partial charge in [0.2, 0.25) is 0 Å². The number of alkyl carbamates (subject to hydrolysis) is 1. The summed E-state index contributed by atoms with van der Waals surface area (Å²) in [6.45, 7) is 20.6. The van der Waals surface area contributed by atoms with E-state index >= 15 is 0 Å². The van der Waals surface area contributed by atoms with E-state index in [1.165, 1.54) is 14.0 Å². The Labute approximate surface area is 353 Å². The van der Waals surface area contributed by atoms with Crippen molar-refractivity contribution in [1.82, 2.24) is 15.1 Å². The molecule has 3 aliphatic rings. The first-order chi connectivity index (χ1) is 27.3. The highest BCUT2D eigenvalue weighted by atomic mass is 16.7. The third kappa shape index (κ3) is 12.7. The van der Waals surface area contributed by atoms with E-state index in [9.17, 15) is 30.0 Å². The lowest BCUT2D eigenvalue weighted by Crippen LogP contribution is -2.61. The van der Waals surface area contributed by atoms with E-state index in [-0.39, 0.29) is 37.3 Å². The van der Waals surface area contributed by atoms with Crippen molar-refractivity contribution in [2.24, 2.45) is 17.8 Å². The van der Waals surface area contributed by atoms with Crippen molar-refractivity contribution in [3.05, 3.63) is 0 Å². The largest absolute Gasteiger partial charge is 0.459 e. The Hall–Kier alpha value is -1.70. The summed E-state index contributed by atoms with van der Waals surface area (Å²) in [7, 11) is 7.13. The number of rotatable bonds is 11. The molecule has 0 spiro atoms. The SMILES string of the molecule is CCCCNC(=O)O[C@H]1[C@H](C)O[C@@H](O[C@H]2[C@H](C)[C@@H](O[C@@H]3O[C@H](C)C[C@H](N(C)C)[C@H]3O)[C@@](C)(O)C[C@@H](C)CN(C)[C@H](C)[C@@H](O)[C@](C)(O)[C@@H](CC)OC(=O)[C@@H]2C)C[C@@]1(C)OC. The Morgan fingerprint density at radius 1 is 0.983 bits per heavy atom. The lowest BCUT2D eigenvalue weighted by atomic mass is 9.77. The molecule has 3 heterocycles. The van der Waals surface area contributed by atoms with E-state index in [0.717, 1.165) is 12.8 Å². The van der Waals surface area contributed by atoms with Gasteiger partial charge in [-0.1, -0.05) is 34.1 Å². The van der Waals surface area contributed by atoms with Crippen molar-refractivity contribution < 1.29 is 63.2 Å². The Kier molecular flexibility index (Phi) is 18.9. The fourth-order valence-electron chi connectivity index (χ4n) is 9.47. The molecule has 0 aliphatic carbocycles. The standard InChI is InChI=1S/C43H81N3O13/c1-16-18-19-44-40(50)59-37-29(8)55-32(22-42(37,10)53-15)57-34-26(5)36(58-39-33(47)30(45(12)13)20-25(4)54-39)41(9,51)21-24(3)23-46(14)28(7)35(48)43(11,52)31(17-2)56-38(49)27(34)6/h24-37,39,47-48,51-52H,16-23H2,1-15H3,(H,44,50)/t24-,25-,26+,27-,28-,29+,30+,31-,32+,33-,34+,35-,36-,37+,39+,41+,42-,43-/m1/s1. The van der Waals surface area contributed by atoms with Crippen LogP contribution in [0.25, 0.3) is 0 Å². The summed E-state index contributed by atoms with van der Waals surface area (Å²) in [5.41, 5.74) is -4.49. The van der Waals surface area contributed by atoms with E-state index in [0.29, 0.717) is 19.5 Å². The second-order valence-electron chi connectivity index (χ2n) is 18.8. The number of unbranched alkanes of at least 4 members (excludes halogenated alkanes) is 1. The molecule has 18 atom stereocenters. The van der Waals surface area contributed by atoms with E-state index in [4.69, 9.17) is 33.2 Å². The number of cyclic esters (lactones) is 1. The highest BCUT2D eigenvalue weighted by Crippen LogP contribution is 2.41. The van der Waals surface area contributed by atoms with Gasteiger partial charge in [-0.2, -0.15) is 0 Å². The number of methoxy groups -OCH3 is 1. The van der Waals surface area contributed by atoms with E-state index in [1.807, 2.05) is 65.6 Å². The maximum Gasteiger partial charge on any atom is 0.407 e. The summed E-state index contributed by atoms with van der Waals surface area (Å²) in [5.74, 6) is -2.71. The van der Waals surface area contributed by atoms with Crippen LogP contribution >= 0.6 is 0 Å². The average Bonchev–Trinajstić information content (AvgIpc) is 3.15.